The van der Waals surface area contributed by atoms with Crippen LogP contribution in [0.1, 0.15) is 17.0 Å². The van der Waals surface area contributed by atoms with E-state index in [1.165, 1.54) is 0 Å². The van der Waals surface area contributed by atoms with E-state index in [-0.39, 0.29) is 0 Å². The van der Waals surface area contributed by atoms with Gasteiger partial charge >= 0.3 is 0 Å². The van der Waals surface area contributed by atoms with E-state index in [9.17, 15) is 0 Å². The minimum absolute atomic E-state index is 0.771. The quantitative estimate of drug-likeness (QED) is 0.551. The predicted molar refractivity (Wildman–Crippen MR) is 40.6 cm³/mol. The van der Waals surface area contributed by atoms with Crippen molar-refractivity contribution >= 4 is 11.4 Å². The average Bonchev–Trinajstić information content (AvgIpc) is 1.78. The predicted octanol–water partition coefficient (Wildman–Crippen LogP) is 0.459. The van der Waals surface area contributed by atoms with Crippen LogP contribution < -0.4 is 11.5 Å². The molecule has 0 atom stereocenters. The van der Waals surface area contributed by atoms with Crippen molar-refractivity contribution in [3.05, 3.63) is 17.0 Å². The molecule has 0 saturated carbocycles. The van der Waals surface area contributed by atoms with E-state index in [0.29, 0.717) is 0 Å². The fourth-order valence-corrected chi connectivity index (χ4v) is 1.20. The van der Waals surface area contributed by atoms with Gasteiger partial charge in [-0.25, -0.2) is 0 Å². The van der Waals surface area contributed by atoms with Crippen LogP contribution in [-0.2, 0) is 6.42 Å². The van der Waals surface area contributed by atoms with E-state index < -0.39 is 0 Å². The Balaban J connectivity index is 2.77. The van der Waals surface area contributed by atoms with Crippen molar-refractivity contribution in [2.24, 2.45) is 0 Å². The van der Waals surface area contributed by atoms with Gasteiger partial charge in [0.2, 0.25) is 0 Å². The lowest BCUT2D eigenvalue weighted by atomic mass is 9.98. The van der Waals surface area contributed by atoms with Crippen LogP contribution in [0, 0.1) is 6.92 Å². The number of hydrogen-bond acceptors (Lipinski definition) is 3. The highest BCUT2D eigenvalue weighted by Crippen LogP contribution is 2.33. The summed E-state index contributed by atoms with van der Waals surface area (Å²) in [6, 6.07) is 0. The maximum atomic E-state index is 5.68. The van der Waals surface area contributed by atoms with Crippen LogP contribution in [0.4, 0.5) is 11.4 Å². The molecule has 0 amide bonds. The Morgan fingerprint density at radius 1 is 1.20 bits per heavy atom. The molecule has 10 heavy (non-hydrogen) atoms. The molecule has 1 aromatic heterocycles. The van der Waals surface area contributed by atoms with Crippen molar-refractivity contribution in [1.29, 1.82) is 0 Å². The van der Waals surface area contributed by atoms with Crippen LogP contribution >= 0.6 is 0 Å². The molecule has 3 nitrogen and oxygen atoms in total. The van der Waals surface area contributed by atoms with Crippen LogP contribution in [-0.4, -0.2) is 4.98 Å². The number of hydrogen-bond donors (Lipinski definition) is 2. The van der Waals surface area contributed by atoms with Gasteiger partial charge in [-0.05, 0) is 12.5 Å². The summed E-state index contributed by atoms with van der Waals surface area (Å²) in [5.74, 6) is 0. The molecule has 1 aliphatic carbocycles. The van der Waals surface area contributed by atoms with Crippen LogP contribution in [0.25, 0.3) is 0 Å². The summed E-state index contributed by atoms with van der Waals surface area (Å²) < 4.78 is 0. The molecule has 0 radical (unpaired) electrons. The normalized spacial score (nSPS) is 12.9. The second-order valence-corrected chi connectivity index (χ2v) is 2.63. The van der Waals surface area contributed by atoms with Crippen molar-refractivity contribution < 1.29 is 0 Å². The Labute approximate surface area is 59.1 Å². The van der Waals surface area contributed by atoms with Crippen LogP contribution in [0.15, 0.2) is 0 Å². The lowest BCUT2D eigenvalue weighted by Gasteiger charge is -2.21. The number of aromatic nitrogens is 1. The zero-order valence-electron chi connectivity index (χ0n) is 5.81. The van der Waals surface area contributed by atoms with Crippen molar-refractivity contribution in [3.8, 4) is 0 Å². The minimum Gasteiger partial charge on any atom is -0.397 e. The van der Waals surface area contributed by atoms with Gasteiger partial charge in [0.1, 0.15) is 0 Å². The maximum Gasteiger partial charge on any atom is 0.0700 e. The molecule has 3 heteroatoms. The third-order valence-electron chi connectivity index (χ3n) is 2.03. The summed E-state index contributed by atoms with van der Waals surface area (Å²) in [5, 5.41) is 0. The van der Waals surface area contributed by atoms with Crippen LogP contribution in [0.3, 0.4) is 0 Å². The Hall–Kier alpha value is -1.25. The van der Waals surface area contributed by atoms with Gasteiger partial charge in [-0.3, -0.25) is 4.98 Å². The van der Waals surface area contributed by atoms with Gasteiger partial charge in [0.05, 0.1) is 22.8 Å². The highest BCUT2D eigenvalue weighted by Gasteiger charge is 2.21. The summed E-state index contributed by atoms with van der Waals surface area (Å²) in [5.41, 5.74) is 15.9. The van der Waals surface area contributed by atoms with Gasteiger partial charge in [0.25, 0.3) is 0 Å². The van der Waals surface area contributed by atoms with Gasteiger partial charge < -0.3 is 11.5 Å². The first-order valence-corrected chi connectivity index (χ1v) is 3.23. The lowest BCUT2D eigenvalue weighted by Crippen LogP contribution is -2.17. The Morgan fingerprint density at radius 3 is 1.90 bits per heavy atom. The average molecular weight is 135 g/mol. The largest absolute Gasteiger partial charge is 0.397 e. The van der Waals surface area contributed by atoms with E-state index in [1.54, 1.807) is 0 Å². The number of fused-ring (bicyclic) bond motifs is 2. The highest BCUT2D eigenvalue weighted by molar-refractivity contribution is 5.70. The number of anilines is 2. The summed E-state index contributed by atoms with van der Waals surface area (Å²) in [6.07, 6.45) is 0.870. The molecule has 0 unspecified atom stereocenters. The molecule has 3 rings (SSSR count). The Bertz CT molecular complexity index is 272. The molecular weight excluding hydrogens is 126 g/mol. The van der Waals surface area contributed by atoms with Gasteiger partial charge in [-0.1, -0.05) is 0 Å². The van der Waals surface area contributed by atoms with E-state index in [2.05, 4.69) is 4.98 Å². The van der Waals surface area contributed by atoms with E-state index in [0.717, 1.165) is 34.7 Å². The maximum absolute atomic E-state index is 5.68. The molecule has 0 spiro atoms. The smallest absolute Gasteiger partial charge is 0.0700 e. The monoisotopic (exact) mass is 135 g/mol. The minimum atomic E-state index is 0.771. The lowest BCUT2D eigenvalue weighted by molar-refractivity contribution is 0.897. The zero-order valence-corrected chi connectivity index (χ0v) is 5.81. The zero-order chi connectivity index (χ0) is 7.30. The Morgan fingerprint density at radius 2 is 1.60 bits per heavy atom. The van der Waals surface area contributed by atoms with Crippen molar-refractivity contribution in [3.63, 3.8) is 0 Å². The summed E-state index contributed by atoms with van der Waals surface area (Å²) in [4.78, 5) is 4.13. The Kier molecular flexibility index (Phi) is 0.787. The summed E-state index contributed by atoms with van der Waals surface area (Å²) >= 11 is 0. The van der Waals surface area contributed by atoms with Crippen LogP contribution in [0.2, 0.25) is 0 Å². The molecule has 0 saturated heterocycles. The van der Waals surface area contributed by atoms with Crippen molar-refractivity contribution in [2.75, 3.05) is 11.5 Å². The third kappa shape index (κ3) is 0.431. The van der Waals surface area contributed by atoms with Gasteiger partial charge in [-0.15, -0.1) is 0 Å². The fourth-order valence-electron chi connectivity index (χ4n) is 1.20. The van der Waals surface area contributed by atoms with Gasteiger partial charge in [0.15, 0.2) is 0 Å². The third-order valence-corrected chi connectivity index (χ3v) is 2.03. The van der Waals surface area contributed by atoms with Crippen molar-refractivity contribution in [2.45, 2.75) is 13.3 Å². The van der Waals surface area contributed by atoms with Crippen LogP contribution in [0.5, 0.6) is 0 Å². The summed E-state index contributed by atoms with van der Waals surface area (Å²) in [6.45, 7) is 1.93. The number of nitrogens with two attached hydrogens (primary N) is 2. The molecule has 0 fully saturated rings. The molecule has 1 aliphatic heterocycles. The second-order valence-electron chi connectivity index (χ2n) is 2.63. The SMILES string of the molecule is Cc1c(N)c2nc(c1N)C2. The second kappa shape index (κ2) is 1.42. The molecule has 2 aliphatic rings. The standard InChI is InChI=1S/C7H9N3/c1-3-6(8)4-2-5(10-4)7(3)9/h2,8-9H2,1H3. The first kappa shape index (κ1) is 5.53. The molecular formula is C7H9N3. The van der Waals surface area contributed by atoms with Crippen molar-refractivity contribution in [1.82, 2.24) is 4.98 Å². The van der Waals surface area contributed by atoms with E-state index in [1.807, 2.05) is 6.92 Å². The molecule has 1 aromatic rings. The van der Waals surface area contributed by atoms with Gasteiger partial charge in [-0.2, -0.15) is 0 Å². The highest BCUT2D eigenvalue weighted by atomic mass is 14.9. The first-order chi connectivity index (χ1) is 4.70. The topological polar surface area (TPSA) is 64.9 Å². The number of pyridine rings is 1. The molecule has 52 valence electrons. The first-order valence-electron chi connectivity index (χ1n) is 3.23. The number of nitrogens with zero attached hydrogens (tertiary/aromatic N) is 1. The van der Waals surface area contributed by atoms with E-state index in [4.69, 9.17) is 11.5 Å². The number of rotatable bonds is 0. The fraction of sp³-hybridized carbons (Fsp3) is 0.286. The van der Waals surface area contributed by atoms with E-state index >= 15 is 0 Å². The molecule has 0 aromatic carbocycles. The summed E-state index contributed by atoms with van der Waals surface area (Å²) in [7, 11) is 0. The number of nitrogen functional groups attached to an aromatic ring is 2. The molecule has 2 bridgehead atoms. The van der Waals surface area contributed by atoms with Gasteiger partial charge in [0, 0.05) is 6.42 Å². The molecule has 2 heterocycles. The molecule has 4 N–H and O–H groups in total.